The minimum absolute atomic E-state index is 0.0149. The highest BCUT2D eigenvalue weighted by atomic mass is 35.5. The van der Waals surface area contributed by atoms with E-state index in [1.54, 1.807) is 4.90 Å². The summed E-state index contributed by atoms with van der Waals surface area (Å²) in [4.78, 5) is 25.4. The van der Waals surface area contributed by atoms with Gasteiger partial charge in [-0.15, -0.1) is 11.6 Å². The number of nitrogens with zero attached hydrogens (tertiary/aromatic N) is 1. The third-order valence-electron chi connectivity index (χ3n) is 3.16. The summed E-state index contributed by atoms with van der Waals surface area (Å²) in [6.07, 6.45) is 1.63. The number of carbonyl (C=O) groups is 2. The van der Waals surface area contributed by atoms with Gasteiger partial charge in [-0.25, -0.2) is 0 Å². The van der Waals surface area contributed by atoms with Crippen molar-refractivity contribution in [1.29, 1.82) is 0 Å². The predicted molar refractivity (Wildman–Crippen MR) is 65.8 cm³/mol. The van der Waals surface area contributed by atoms with Crippen LogP contribution in [0.15, 0.2) is 0 Å². The molecule has 1 aliphatic heterocycles. The summed E-state index contributed by atoms with van der Waals surface area (Å²) in [6, 6.07) is 0. The van der Waals surface area contributed by atoms with Crippen LogP contribution in [0.2, 0.25) is 0 Å². The van der Waals surface area contributed by atoms with Crippen molar-refractivity contribution in [3.05, 3.63) is 0 Å². The fourth-order valence-corrected chi connectivity index (χ4v) is 2.12. The maximum absolute atomic E-state index is 12.2. The Morgan fingerprint density at radius 2 is 2.12 bits per heavy atom. The molecule has 1 unspecified atom stereocenters. The second-order valence-electron chi connectivity index (χ2n) is 5.13. The molecule has 0 aliphatic carbocycles. The number of ether oxygens (including phenoxy) is 1. The first-order chi connectivity index (χ1) is 7.92. The Hall–Kier alpha value is -0.770. The van der Waals surface area contributed by atoms with E-state index in [2.05, 4.69) is 0 Å². The second kappa shape index (κ2) is 5.71. The molecule has 1 aliphatic rings. The lowest BCUT2D eigenvalue weighted by Crippen LogP contribution is -2.48. The summed E-state index contributed by atoms with van der Waals surface area (Å²) < 4.78 is 4.73. The number of carbonyl (C=O) groups excluding carboxylic acids is 2. The van der Waals surface area contributed by atoms with Gasteiger partial charge in [0.25, 0.3) is 0 Å². The molecule has 1 rings (SSSR count). The minimum atomic E-state index is -0.570. The van der Waals surface area contributed by atoms with E-state index in [-0.39, 0.29) is 23.7 Å². The molecule has 0 aromatic rings. The molecule has 0 radical (unpaired) electrons. The van der Waals surface area contributed by atoms with Gasteiger partial charge in [-0.1, -0.05) is 0 Å². The Morgan fingerprint density at radius 1 is 1.47 bits per heavy atom. The van der Waals surface area contributed by atoms with Gasteiger partial charge in [0.05, 0.1) is 18.4 Å². The third-order valence-corrected chi connectivity index (χ3v) is 3.82. The molecule has 0 N–H and O–H groups in total. The standard InChI is InChI=1S/C12H20ClNO3/c1-12(2,8-13)11(16)14-6-4-5-9(7-14)10(15)17-3/h9H,4-8H2,1-3H3. The van der Waals surface area contributed by atoms with E-state index in [4.69, 9.17) is 16.3 Å². The van der Waals surface area contributed by atoms with Gasteiger partial charge in [0.1, 0.15) is 0 Å². The molecule has 1 fully saturated rings. The molecule has 1 atom stereocenters. The van der Waals surface area contributed by atoms with E-state index >= 15 is 0 Å². The maximum Gasteiger partial charge on any atom is 0.310 e. The topological polar surface area (TPSA) is 46.6 Å². The van der Waals surface area contributed by atoms with Gasteiger partial charge in [0.2, 0.25) is 5.91 Å². The largest absolute Gasteiger partial charge is 0.469 e. The van der Waals surface area contributed by atoms with E-state index in [0.717, 1.165) is 12.8 Å². The zero-order chi connectivity index (χ0) is 13.1. The lowest BCUT2D eigenvalue weighted by atomic mass is 9.91. The Morgan fingerprint density at radius 3 is 2.65 bits per heavy atom. The molecule has 0 bridgehead atoms. The molecule has 4 nitrogen and oxygen atoms in total. The average Bonchev–Trinajstić information content (AvgIpc) is 2.36. The van der Waals surface area contributed by atoms with E-state index in [1.807, 2.05) is 13.8 Å². The van der Waals surface area contributed by atoms with E-state index < -0.39 is 5.41 Å². The number of hydrogen-bond donors (Lipinski definition) is 0. The minimum Gasteiger partial charge on any atom is -0.469 e. The SMILES string of the molecule is COC(=O)C1CCCN(C(=O)C(C)(C)CCl)C1. The molecule has 0 aromatic carbocycles. The fraction of sp³-hybridized carbons (Fsp3) is 0.833. The number of rotatable bonds is 3. The lowest BCUT2D eigenvalue weighted by Gasteiger charge is -2.36. The van der Waals surface area contributed by atoms with Crippen LogP contribution in [0.5, 0.6) is 0 Å². The number of halogens is 1. The molecule has 1 amide bonds. The van der Waals surface area contributed by atoms with Crippen molar-refractivity contribution in [2.45, 2.75) is 26.7 Å². The molecule has 1 heterocycles. The van der Waals surface area contributed by atoms with Gasteiger partial charge in [-0.05, 0) is 26.7 Å². The number of likely N-dealkylation sites (tertiary alicyclic amines) is 1. The van der Waals surface area contributed by atoms with Crippen LogP contribution in [0.25, 0.3) is 0 Å². The molecule has 0 aromatic heterocycles. The highest BCUT2D eigenvalue weighted by Gasteiger charge is 2.35. The first-order valence-corrected chi connectivity index (χ1v) is 6.39. The second-order valence-corrected chi connectivity index (χ2v) is 5.40. The average molecular weight is 262 g/mol. The van der Waals surface area contributed by atoms with Crippen molar-refractivity contribution in [2.24, 2.45) is 11.3 Å². The number of alkyl halides is 1. The van der Waals surface area contributed by atoms with Gasteiger partial charge in [-0.2, -0.15) is 0 Å². The van der Waals surface area contributed by atoms with E-state index in [9.17, 15) is 9.59 Å². The van der Waals surface area contributed by atoms with Crippen LogP contribution in [0, 0.1) is 11.3 Å². The number of methoxy groups -OCH3 is 1. The summed E-state index contributed by atoms with van der Waals surface area (Å²) >= 11 is 5.79. The van der Waals surface area contributed by atoms with Crippen molar-refractivity contribution in [1.82, 2.24) is 4.90 Å². The van der Waals surface area contributed by atoms with Crippen molar-refractivity contribution in [2.75, 3.05) is 26.1 Å². The fourth-order valence-electron chi connectivity index (χ4n) is 2.01. The van der Waals surface area contributed by atoms with Crippen molar-refractivity contribution >= 4 is 23.5 Å². The molecular weight excluding hydrogens is 242 g/mol. The smallest absolute Gasteiger partial charge is 0.310 e. The number of amides is 1. The predicted octanol–water partition coefficient (Wildman–Crippen LogP) is 1.66. The molecule has 1 saturated heterocycles. The normalized spacial score (nSPS) is 21.2. The van der Waals surface area contributed by atoms with Crippen LogP contribution in [-0.4, -0.2) is 42.9 Å². The molecular formula is C12H20ClNO3. The summed E-state index contributed by atoms with van der Waals surface area (Å²) in [7, 11) is 1.38. The van der Waals surface area contributed by atoms with Gasteiger partial charge >= 0.3 is 5.97 Å². The summed E-state index contributed by atoms with van der Waals surface area (Å²) in [5.41, 5.74) is -0.570. The highest BCUT2D eigenvalue weighted by Crippen LogP contribution is 2.25. The highest BCUT2D eigenvalue weighted by molar-refractivity contribution is 6.19. The molecule has 0 saturated carbocycles. The van der Waals surface area contributed by atoms with Crippen LogP contribution in [0.1, 0.15) is 26.7 Å². The number of piperidine rings is 1. The van der Waals surface area contributed by atoms with Gasteiger partial charge < -0.3 is 9.64 Å². The van der Waals surface area contributed by atoms with Crippen LogP contribution >= 0.6 is 11.6 Å². The Kier molecular flexibility index (Phi) is 4.80. The first kappa shape index (κ1) is 14.3. The quantitative estimate of drug-likeness (QED) is 0.573. The Balaban J connectivity index is 2.67. The third kappa shape index (κ3) is 3.35. The maximum atomic E-state index is 12.2. The molecule has 17 heavy (non-hydrogen) atoms. The Bertz CT molecular complexity index is 304. The molecule has 98 valence electrons. The zero-order valence-electron chi connectivity index (χ0n) is 10.7. The van der Waals surface area contributed by atoms with Crippen LogP contribution in [0.3, 0.4) is 0 Å². The summed E-state index contributed by atoms with van der Waals surface area (Å²) in [5.74, 6) is -0.123. The van der Waals surface area contributed by atoms with E-state index in [1.165, 1.54) is 7.11 Å². The van der Waals surface area contributed by atoms with Crippen LogP contribution in [-0.2, 0) is 14.3 Å². The first-order valence-electron chi connectivity index (χ1n) is 5.85. The van der Waals surface area contributed by atoms with Crippen LogP contribution in [0.4, 0.5) is 0 Å². The van der Waals surface area contributed by atoms with Gasteiger partial charge in [0, 0.05) is 19.0 Å². The van der Waals surface area contributed by atoms with Gasteiger partial charge in [-0.3, -0.25) is 9.59 Å². The lowest BCUT2D eigenvalue weighted by molar-refractivity contribution is -0.150. The monoisotopic (exact) mass is 261 g/mol. The summed E-state index contributed by atoms with van der Waals surface area (Å²) in [6.45, 7) is 4.80. The van der Waals surface area contributed by atoms with Crippen LogP contribution < -0.4 is 0 Å². The van der Waals surface area contributed by atoms with Gasteiger partial charge in [0.15, 0.2) is 0 Å². The molecule has 0 spiro atoms. The van der Waals surface area contributed by atoms with Crippen molar-refractivity contribution in [3.8, 4) is 0 Å². The van der Waals surface area contributed by atoms with E-state index in [0.29, 0.717) is 13.1 Å². The van der Waals surface area contributed by atoms with Crippen molar-refractivity contribution < 1.29 is 14.3 Å². The zero-order valence-corrected chi connectivity index (χ0v) is 11.4. The Labute approximate surface area is 107 Å². The van der Waals surface area contributed by atoms with Crippen molar-refractivity contribution in [3.63, 3.8) is 0 Å². The number of hydrogen-bond acceptors (Lipinski definition) is 3. The number of esters is 1. The molecule has 5 heteroatoms. The summed E-state index contributed by atoms with van der Waals surface area (Å²) in [5, 5.41) is 0.